The van der Waals surface area contributed by atoms with Crippen LogP contribution in [0.2, 0.25) is 0 Å². The smallest absolute Gasteiger partial charge is 0.150 e. The molecule has 1 aromatic heterocycles. The molecule has 1 unspecified atom stereocenters. The van der Waals surface area contributed by atoms with Crippen LogP contribution < -0.4 is 0 Å². The highest BCUT2D eigenvalue weighted by Crippen LogP contribution is 2.04. The van der Waals surface area contributed by atoms with Crippen LogP contribution in [0.5, 0.6) is 0 Å². The van der Waals surface area contributed by atoms with Gasteiger partial charge >= 0.3 is 0 Å². The highest BCUT2D eigenvalue weighted by molar-refractivity contribution is 4.92. The molecule has 1 aromatic rings. The molecule has 0 saturated carbocycles. The second-order valence-corrected chi connectivity index (χ2v) is 3.87. The zero-order valence-corrected chi connectivity index (χ0v) is 9.90. The molecule has 1 N–H and O–H groups in total. The molecule has 0 aliphatic rings. The van der Waals surface area contributed by atoms with Crippen LogP contribution >= 0.6 is 0 Å². The SMILES string of the molecule is CCc1nc(CC)n(CCCC(C)O)n1. The average molecular weight is 211 g/mol. The van der Waals surface area contributed by atoms with Crippen molar-refractivity contribution in [1.29, 1.82) is 0 Å². The third kappa shape index (κ3) is 3.63. The van der Waals surface area contributed by atoms with Crippen LogP contribution in [-0.4, -0.2) is 26.0 Å². The quantitative estimate of drug-likeness (QED) is 0.777. The first-order chi connectivity index (χ1) is 7.17. The van der Waals surface area contributed by atoms with Gasteiger partial charge in [-0.25, -0.2) is 9.67 Å². The van der Waals surface area contributed by atoms with Crippen molar-refractivity contribution in [1.82, 2.24) is 14.8 Å². The van der Waals surface area contributed by atoms with Crippen LogP contribution in [0.25, 0.3) is 0 Å². The lowest BCUT2D eigenvalue weighted by Crippen LogP contribution is -2.08. The normalized spacial score (nSPS) is 13.1. The summed E-state index contributed by atoms with van der Waals surface area (Å²) in [4.78, 5) is 4.43. The van der Waals surface area contributed by atoms with E-state index >= 15 is 0 Å². The van der Waals surface area contributed by atoms with Gasteiger partial charge in [0.2, 0.25) is 0 Å². The molecule has 1 heterocycles. The van der Waals surface area contributed by atoms with Crippen LogP contribution in [0.15, 0.2) is 0 Å². The lowest BCUT2D eigenvalue weighted by atomic mass is 10.2. The first-order valence-corrected chi connectivity index (χ1v) is 5.78. The Hall–Kier alpha value is -0.900. The lowest BCUT2D eigenvalue weighted by Gasteiger charge is -2.05. The van der Waals surface area contributed by atoms with E-state index in [0.717, 1.165) is 43.9 Å². The van der Waals surface area contributed by atoms with Crippen LogP contribution in [0, 0.1) is 0 Å². The maximum atomic E-state index is 9.16. The Labute approximate surface area is 91.3 Å². The summed E-state index contributed by atoms with van der Waals surface area (Å²) in [6, 6.07) is 0. The largest absolute Gasteiger partial charge is 0.393 e. The summed E-state index contributed by atoms with van der Waals surface area (Å²) < 4.78 is 1.97. The number of rotatable bonds is 6. The number of aliphatic hydroxyl groups is 1. The average Bonchev–Trinajstić information content (AvgIpc) is 2.60. The molecule has 0 saturated heterocycles. The molecule has 0 radical (unpaired) electrons. The fraction of sp³-hybridized carbons (Fsp3) is 0.818. The molecular weight excluding hydrogens is 190 g/mol. The van der Waals surface area contributed by atoms with Gasteiger partial charge in [-0.3, -0.25) is 0 Å². The topological polar surface area (TPSA) is 50.9 Å². The molecule has 0 aliphatic heterocycles. The standard InChI is InChI=1S/C11H21N3O/c1-4-10-12-11(5-2)14(13-10)8-6-7-9(3)15/h9,15H,4-8H2,1-3H3. The van der Waals surface area contributed by atoms with Gasteiger partial charge in [0.05, 0.1) is 6.10 Å². The van der Waals surface area contributed by atoms with Crippen molar-refractivity contribution in [2.45, 2.75) is 59.1 Å². The van der Waals surface area contributed by atoms with E-state index in [1.807, 2.05) is 11.6 Å². The second-order valence-electron chi connectivity index (χ2n) is 3.87. The van der Waals surface area contributed by atoms with Gasteiger partial charge in [-0.1, -0.05) is 13.8 Å². The van der Waals surface area contributed by atoms with Gasteiger partial charge in [-0.2, -0.15) is 5.10 Å². The minimum absolute atomic E-state index is 0.218. The van der Waals surface area contributed by atoms with Crippen molar-refractivity contribution >= 4 is 0 Å². The summed E-state index contributed by atoms with van der Waals surface area (Å²) in [5, 5.41) is 13.6. The fourth-order valence-corrected chi connectivity index (χ4v) is 1.55. The Kier molecular flexibility index (Phi) is 4.75. The van der Waals surface area contributed by atoms with E-state index < -0.39 is 0 Å². The van der Waals surface area contributed by atoms with Crippen LogP contribution in [-0.2, 0) is 19.4 Å². The Morgan fingerprint density at radius 2 is 2.07 bits per heavy atom. The molecule has 4 nitrogen and oxygen atoms in total. The van der Waals surface area contributed by atoms with Crippen molar-refractivity contribution in [3.63, 3.8) is 0 Å². The van der Waals surface area contributed by atoms with E-state index in [1.54, 1.807) is 0 Å². The van der Waals surface area contributed by atoms with Crippen molar-refractivity contribution in [3.05, 3.63) is 11.6 Å². The van der Waals surface area contributed by atoms with Gasteiger partial charge in [0, 0.05) is 19.4 Å². The molecule has 0 aromatic carbocycles. The van der Waals surface area contributed by atoms with E-state index in [0.29, 0.717) is 0 Å². The number of nitrogens with zero attached hydrogens (tertiary/aromatic N) is 3. The first kappa shape index (κ1) is 12.2. The molecule has 4 heteroatoms. The van der Waals surface area contributed by atoms with E-state index in [4.69, 9.17) is 5.11 Å². The summed E-state index contributed by atoms with van der Waals surface area (Å²) in [6.45, 7) is 6.84. The minimum atomic E-state index is -0.218. The fourth-order valence-electron chi connectivity index (χ4n) is 1.55. The predicted molar refractivity (Wildman–Crippen MR) is 59.7 cm³/mol. The van der Waals surface area contributed by atoms with Crippen LogP contribution in [0.3, 0.4) is 0 Å². The third-order valence-corrected chi connectivity index (χ3v) is 2.42. The van der Waals surface area contributed by atoms with Crippen molar-refractivity contribution < 1.29 is 5.11 Å². The van der Waals surface area contributed by atoms with Crippen molar-refractivity contribution in [2.24, 2.45) is 0 Å². The van der Waals surface area contributed by atoms with Gasteiger partial charge in [0.1, 0.15) is 5.82 Å². The first-order valence-electron chi connectivity index (χ1n) is 5.78. The molecule has 86 valence electrons. The van der Waals surface area contributed by atoms with E-state index in [-0.39, 0.29) is 6.10 Å². The zero-order chi connectivity index (χ0) is 11.3. The van der Waals surface area contributed by atoms with Crippen LogP contribution in [0.4, 0.5) is 0 Å². The number of aliphatic hydroxyl groups excluding tert-OH is 1. The monoisotopic (exact) mass is 211 g/mol. The summed E-state index contributed by atoms with van der Waals surface area (Å²) in [5.41, 5.74) is 0. The molecule has 1 rings (SSSR count). The van der Waals surface area contributed by atoms with Crippen LogP contribution in [0.1, 0.15) is 45.3 Å². The highest BCUT2D eigenvalue weighted by Gasteiger charge is 2.06. The summed E-state index contributed by atoms with van der Waals surface area (Å²) in [5.74, 6) is 1.97. The minimum Gasteiger partial charge on any atom is -0.393 e. The molecule has 0 aliphatic carbocycles. The van der Waals surface area contributed by atoms with Crippen molar-refractivity contribution in [3.8, 4) is 0 Å². The van der Waals surface area contributed by atoms with Crippen molar-refractivity contribution in [2.75, 3.05) is 0 Å². The molecule has 1 atom stereocenters. The number of hydrogen-bond donors (Lipinski definition) is 1. The Morgan fingerprint density at radius 3 is 2.60 bits per heavy atom. The summed E-state index contributed by atoms with van der Waals surface area (Å²) >= 11 is 0. The molecule has 0 fully saturated rings. The van der Waals surface area contributed by atoms with Gasteiger partial charge in [0.15, 0.2) is 5.82 Å². The van der Waals surface area contributed by atoms with Gasteiger partial charge < -0.3 is 5.11 Å². The molecular formula is C11H21N3O. The van der Waals surface area contributed by atoms with E-state index in [9.17, 15) is 0 Å². The third-order valence-electron chi connectivity index (χ3n) is 2.42. The maximum Gasteiger partial charge on any atom is 0.150 e. The summed E-state index contributed by atoms with van der Waals surface area (Å²) in [7, 11) is 0. The maximum absolute atomic E-state index is 9.16. The Balaban J connectivity index is 2.54. The van der Waals surface area contributed by atoms with Gasteiger partial charge in [-0.05, 0) is 19.8 Å². The molecule has 0 bridgehead atoms. The second kappa shape index (κ2) is 5.85. The predicted octanol–water partition coefficient (Wildman–Crippen LogP) is 1.56. The highest BCUT2D eigenvalue weighted by atomic mass is 16.3. The van der Waals surface area contributed by atoms with Gasteiger partial charge in [0.25, 0.3) is 0 Å². The Bertz CT molecular complexity index is 294. The number of aryl methyl sites for hydroxylation is 3. The Morgan fingerprint density at radius 1 is 1.33 bits per heavy atom. The molecule has 15 heavy (non-hydrogen) atoms. The lowest BCUT2D eigenvalue weighted by molar-refractivity contribution is 0.178. The van der Waals surface area contributed by atoms with Gasteiger partial charge in [-0.15, -0.1) is 0 Å². The van der Waals surface area contributed by atoms with E-state index in [1.165, 1.54) is 0 Å². The molecule has 0 amide bonds. The van der Waals surface area contributed by atoms with E-state index in [2.05, 4.69) is 23.9 Å². The zero-order valence-electron chi connectivity index (χ0n) is 9.90. The number of hydrogen-bond acceptors (Lipinski definition) is 3. The number of aromatic nitrogens is 3. The summed E-state index contributed by atoms with van der Waals surface area (Å²) in [6.07, 6.45) is 3.36. The molecule has 0 spiro atoms.